The van der Waals surface area contributed by atoms with E-state index in [9.17, 15) is 13.2 Å². The van der Waals surface area contributed by atoms with Gasteiger partial charge in [-0.25, -0.2) is 0 Å². The fourth-order valence-electron chi connectivity index (χ4n) is 1.29. The zero-order valence-electron chi connectivity index (χ0n) is 6.90. The predicted octanol–water partition coefficient (Wildman–Crippen LogP) is 1.27. The molecule has 0 spiro atoms. The second kappa shape index (κ2) is 3.62. The predicted molar refractivity (Wildman–Crippen MR) is 37.9 cm³/mol. The van der Waals surface area contributed by atoms with Crippen molar-refractivity contribution in [3.8, 4) is 0 Å². The Morgan fingerprint density at radius 2 is 2.17 bits per heavy atom. The first-order valence-electron chi connectivity index (χ1n) is 3.88. The molecule has 2 nitrogen and oxygen atoms in total. The van der Waals surface area contributed by atoms with Crippen LogP contribution in [0.2, 0.25) is 0 Å². The highest BCUT2D eigenvalue weighted by atomic mass is 19.4. The molecular formula is C7H12F3NO. The van der Waals surface area contributed by atoms with E-state index in [1.807, 2.05) is 0 Å². The number of hydrogen-bond acceptors (Lipinski definition) is 2. The van der Waals surface area contributed by atoms with Crippen LogP contribution in [0.25, 0.3) is 0 Å². The SMILES string of the molecule is C[C@H]1CN(CC(F)(F)F)CCO1. The van der Waals surface area contributed by atoms with Crippen molar-refractivity contribution < 1.29 is 17.9 Å². The molecule has 1 rings (SSSR count). The fourth-order valence-corrected chi connectivity index (χ4v) is 1.29. The van der Waals surface area contributed by atoms with Crippen LogP contribution in [0.4, 0.5) is 13.2 Å². The van der Waals surface area contributed by atoms with Crippen LogP contribution in [0.15, 0.2) is 0 Å². The second-order valence-electron chi connectivity index (χ2n) is 3.03. The summed E-state index contributed by atoms with van der Waals surface area (Å²) in [5, 5.41) is 0. The Kier molecular flexibility index (Phi) is 2.95. The summed E-state index contributed by atoms with van der Waals surface area (Å²) in [5.74, 6) is 0. The van der Waals surface area contributed by atoms with Gasteiger partial charge in [0.05, 0.1) is 19.3 Å². The van der Waals surface area contributed by atoms with E-state index in [-0.39, 0.29) is 6.10 Å². The van der Waals surface area contributed by atoms with E-state index in [0.29, 0.717) is 19.7 Å². The molecule has 12 heavy (non-hydrogen) atoms. The maximum absolute atomic E-state index is 11.9. The van der Waals surface area contributed by atoms with Crippen LogP contribution < -0.4 is 0 Å². The number of rotatable bonds is 1. The summed E-state index contributed by atoms with van der Waals surface area (Å²) in [6.45, 7) is 2.11. The Morgan fingerprint density at radius 1 is 1.50 bits per heavy atom. The topological polar surface area (TPSA) is 12.5 Å². The van der Waals surface area contributed by atoms with E-state index in [0.717, 1.165) is 0 Å². The van der Waals surface area contributed by atoms with Crippen LogP contribution in [0, 0.1) is 0 Å². The second-order valence-corrected chi connectivity index (χ2v) is 3.03. The van der Waals surface area contributed by atoms with E-state index >= 15 is 0 Å². The van der Waals surface area contributed by atoms with E-state index in [2.05, 4.69) is 0 Å². The van der Waals surface area contributed by atoms with Crippen LogP contribution in [0.5, 0.6) is 0 Å². The number of halogens is 3. The van der Waals surface area contributed by atoms with Gasteiger partial charge in [0.15, 0.2) is 0 Å². The number of morpholine rings is 1. The molecule has 0 aliphatic carbocycles. The summed E-state index contributed by atoms with van der Waals surface area (Å²) in [6.07, 6.45) is -4.17. The minimum atomic E-state index is -4.09. The first-order chi connectivity index (χ1) is 5.47. The van der Waals surface area contributed by atoms with Crippen LogP contribution in [-0.4, -0.2) is 43.4 Å². The molecular weight excluding hydrogens is 171 g/mol. The number of hydrogen-bond donors (Lipinski definition) is 0. The molecule has 5 heteroatoms. The fraction of sp³-hybridized carbons (Fsp3) is 1.00. The molecule has 1 saturated heterocycles. The molecule has 1 heterocycles. The standard InChI is InChI=1S/C7H12F3NO/c1-6-4-11(2-3-12-6)5-7(8,9)10/h6H,2-5H2,1H3/t6-/m0/s1. The van der Waals surface area contributed by atoms with E-state index in [4.69, 9.17) is 4.74 Å². The average molecular weight is 183 g/mol. The normalized spacial score (nSPS) is 27.5. The van der Waals surface area contributed by atoms with Crippen molar-refractivity contribution in [2.24, 2.45) is 0 Å². The maximum atomic E-state index is 11.9. The van der Waals surface area contributed by atoms with E-state index in [1.165, 1.54) is 4.90 Å². The minimum absolute atomic E-state index is 0.0823. The van der Waals surface area contributed by atoms with Crippen molar-refractivity contribution >= 4 is 0 Å². The molecule has 0 radical (unpaired) electrons. The highest BCUT2D eigenvalue weighted by Crippen LogP contribution is 2.17. The molecule has 0 amide bonds. The third kappa shape index (κ3) is 3.40. The van der Waals surface area contributed by atoms with Gasteiger partial charge in [0, 0.05) is 13.1 Å². The Labute approximate surface area is 69.3 Å². The Hall–Kier alpha value is -0.290. The summed E-state index contributed by atoms with van der Waals surface area (Å²) < 4.78 is 40.8. The highest BCUT2D eigenvalue weighted by molar-refractivity contribution is 4.70. The van der Waals surface area contributed by atoms with Crippen molar-refractivity contribution in [3.63, 3.8) is 0 Å². The van der Waals surface area contributed by atoms with Crippen molar-refractivity contribution in [2.45, 2.75) is 19.2 Å². The Bertz CT molecular complexity index is 148. The van der Waals surface area contributed by atoms with Crippen molar-refractivity contribution in [3.05, 3.63) is 0 Å². The van der Waals surface area contributed by atoms with Gasteiger partial charge in [-0.2, -0.15) is 13.2 Å². The van der Waals surface area contributed by atoms with Crippen molar-refractivity contribution in [1.29, 1.82) is 0 Å². The van der Waals surface area contributed by atoms with E-state index < -0.39 is 12.7 Å². The highest BCUT2D eigenvalue weighted by Gasteiger charge is 2.32. The molecule has 1 aliphatic rings. The maximum Gasteiger partial charge on any atom is 0.401 e. The lowest BCUT2D eigenvalue weighted by Crippen LogP contribution is -2.45. The molecule has 0 N–H and O–H groups in total. The molecule has 0 bridgehead atoms. The first kappa shape index (κ1) is 9.80. The molecule has 0 saturated carbocycles. The monoisotopic (exact) mass is 183 g/mol. The zero-order chi connectivity index (χ0) is 9.19. The summed E-state index contributed by atoms with van der Waals surface area (Å²) >= 11 is 0. The lowest BCUT2D eigenvalue weighted by molar-refractivity contribution is -0.158. The quantitative estimate of drug-likeness (QED) is 0.607. The lowest BCUT2D eigenvalue weighted by Gasteiger charge is -2.31. The number of nitrogens with zero attached hydrogens (tertiary/aromatic N) is 1. The van der Waals surface area contributed by atoms with Crippen LogP contribution >= 0.6 is 0 Å². The summed E-state index contributed by atoms with van der Waals surface area (Å²) in [5.41, 5.74) is 0. The third-order valence-electron chi connectivity index (χ3n) is 1.73. The van der Waals surface area contributed by atoms with Crippen molar-refractivity contribution in [2.75, 3.05) is 26.2 Å². The van der Waals surface area contributed by atoms with Crippen LogP contribution in [-0.2, 0) is 4.74 Å². The van der Waals surface area contributed by atoms with Gasteiger partial charge in [0.2, 0.25) is 0 Å². The average Bonchev–Trinajstić information content (AvgIpc) is 1.82. The van der Waals surface area contributed by atoms with E-state index in [1.54, 1.807) is 6.92 Å². The number of ether oxygens (including phenoxy) is 1. The van der Waals surface area contributed by atoms with Gasteiger partial charge in [-0.1, -0.05) is 0 Å². The lowest BCUT2D eigenvalue weighted by atomic mass is 10.3. The smallest absolute Gasteiger partial charge is 0.376 e. The first-order valence-corrected chi connectivity index (χ1v) is 3.88. The van der Waals surface area contributed by atoms with Gasteiger partial charge in [-0.05, 0) is 6.92 Å². The Balaban J connectivity index is 2.32. The summed E-state index contributed by atoms with van der Waals surface area (Å²) in [4.78, 5) is 1.37. The van der Waals surface area contributed by atoms with Crippen LogP contribution in [0.1, 0.15) is 6.92 Å². The van der Waals surface area contributed by atoms with Gasteiger partial charge in [0.1, 0.15) is 0 Å². The molecule has 1 fully saturated rings. The van der Waals surface area contributed by atoms with Gasteiger partial charge in [-0.3, -0.25) is 4.90 Å². The molecule has 1 atom stereocenters. The minimum Gasteiger partial charge on any atom is -0.376 e. The van der Waals surface area contributed by atoms with Crippen molar-refractivity contribution in [1.82, 2.24) is 4.90 Å². The molecule has 0 aromatic heterocycles. The van der Waals surface area contributed by atoms with Crippen LogP contribution in [0.3, 0.4) is 0 Å². The summed E-state index contributed by atoms with van der Waals surface area (Å²) in [6, 6.07) is 0. The number of alkyl halides is 3. The van der Waals surface area contributed by atoms with Gasteiger partial charge in [-0.15, -0.1) is 0 Å². The molecule has 0 unspecified atom stereocenters. The molecule has 0 aromatic carbocycles. The third-order valence-corrected chi connectivity index (χ3v) is 1.73. The van der Waals surface area contributed by atoms with Gasteiger partial charge in [0.25, 0.3) is 0 Å². The van der Waals surface area contributed by atoms with Gasteiger partial charge >= 0.3 is 6.18 Å². The Morgan fingerprint density at radius 3 is 2.67 bits per heavy atom. The largest absolute Gasteiger partial charge is 0.401 e. The zero-order valence-corrected chi connectivity index (χ0v) is 6.90. The van der Waals surface area contributed by atoms with Gasteiger partial charge < -0.3 is 4.74 Å². The summed E-state index contributed by atoms with van der Waals surface area (Å²) in [7, 11) is 0. The molecule has 72 valence electrons. The molecule has 1 aliphatic heterocycles. The molecule has 0 aromatic rings.